The molecule has 21 heavy (non-hydrogen) atoms. The second kappa shape index (κ2) is 8.09. The standard InChI is InChI=1S/C17H19Cl2NS/c1-12-3-6-16(7-4-12)21-11-15(20-2)10-13-9-14(18)5-8-17(13)19/h3-9,15,20H,10-11H2,1-2H3. The van der Waals surface area contributed by atoms with Crippen LogP contribution in [0.5, 0.6) is 0 Å². The van der Waals surface area contributed by atoms with Crippen molar-refractivity contribution in [2.75, 3.05) is 12.8 Å². The smallest absolute Gasteiger partial charge is 0.0439 e. The van der Waals surface area contributed by atoms with E-state index in [4.69, 9.17) is 23.2 Å². The van der Waals surface area contributed by atoms with Crippen LogP contribution in [0.3, 0.4) is 0 Å². The van der Waals surface area contributed by atoms with E-state index in [0.717, 1.165) is 27.8 Å². The van der Waals surface area contributed by atoms with Gasteiger partial charge in [-0.25, -0.2) is 0 Å². The van der Waals surface area contributed by atoms with E-state index >= 15 is 0 Å². The van der Waals surface area contributed by atoms with Crippen LogP contribution in [-0.4, -0.2) is 18.8 Å². The molecule has 2 rings (SSSR count). The highest BCUT2D eigenvalue weighted by Crippen LogP contribution is 2.24. The third-order valence-electron chi connectivity index (χ3n) is 3.35. The zero-order valence-corrected chi connectivity index (χ0v) is 14.5. The van der Waals surface area contributed by atoms with Gasteiger partial charge in [-0.05, 0) is 56.3 Å². The summed E-state index contributed by atoms with van der Waals surface area (Å²) in [5.74, 6) is 0.988. The molecule has 112 valence electrons. The van der Waals surface area contributed by atoms with Crippen molar-refractivity contribution in [2.45, 2.75) is 24.3 Å². The van der Waals surface area contributed by atoms with Crippen molar-refractivity contribution in [1.82, 2.24) is 5.32 Å². The van der Waals surface area contributed by atoms with Crippen LogP contribution in [0, 0.1) is 6.92 Å². The van der Waals surface area contributed by atoms with Gasteiger partial charge in [-0.1, -0.05) is 40.9 Å². The van der Waals surface area contributed by atoms with Gasteiger partial charge in [0.2, 0.25) is 0 Å². The van der Waals surface area contributed by atoms with Crippen molar-refractivity contribution in [3.63, 3.8) is 0 Å². The maximum Gasteiger partial charge on any atom is 0.0439 e. The lowest BCUT2D eigenvalue weighted by molar-refractivity contribution is 0.617. The first kappa shape index (κ1) is 16.7. The highest BCUT2D eigenvalue weighted by Gasteiger charge is 2.11. The molecule has 2 aromatic rings. The van der Waals surface area contributed by atoms with Crippen molar-refractivity contribution in [3.05, 3.63) is 63.6 Å². The molecule has 0 fully saturated rings. The van der Waals surface area contributed by atoms with Crippen LogP contribution in [0.25, 0.3) is 0 Å². The predicted molar refractivity (Wildman–Crippen MR) is 94.9 cm³/mol. The molecule has 0 radical (unpaired) electrons. The van der Waals surface area contributed by atoms with Crippen LogP contribution < -0.4 is 5.32 Å². The molecule has 0 heterocycles. The van der Waals surface area contributed by atoms with E-state index in [2.05, 4.69) is 36.5 Å². The Balaban J connectivity index is 1.96. The van der Waals surface area contributed by atoms with Crippen molar-refractivity contribution >= 4 is 35.0 Å². The van der Waals surface area contributed by atoms with E-state index in [1.165, 1.54) is 10.5 Å². The van der Waals surface area contributed by atoms with Gasteiger partial charge >= 0.3 is 0 Å². The van der Waals surface area contributed by atoms with Gasteiger partial charge in [-0.2, -0.15) is 0 Å². The number of halogens is 2. The lowest BCUT2D eigenvalue weighted by Crippen LogP contribution is -2.30. The van der Waals surface area contributed by atoms with Gasteiger partial charge < -0.3 is 5.32 Å². The molecule has 0 aromatic heterocycles. The Morgan fingerprint density at radius 3 is 2.48 bits per heavy atom. The quantitative estimate of drug-likeness (QED) is 0.723. The van der Waals surface area contributed by atoms with Gasteiger partial charge in [-0.3, -0.25) is 0 Å². The maximum absolute atomic E-state index is 6.24. The Morgan fingerprint density at radius 1 is 1.10 bits per heavy atom. The molecule has 0 aliphatic carbocycles. The molecule has 0 aliphatic rings. The molecule has 0 saturated carbocycles. The van der Waals surface area contributed by atoms with Crippen LogP contribution in [0.2, 0.25) is 10.0 Å². The first-order chi connectivity index (χ1) is 10.1. The average molecular weight is 340 g/mol. The fourth-order valence-electron chi connectivity index (χ4n) is 2.04. The molecular formula is C17H19Cl2NS. The lowest BCUT2D eigenvalue weighted by Gasteiger charge is -2.17. The molecule has 0 saturated heterocycles. The van der Waals surface area contributed by atoms with Gasteiger partial charge in [0.05, 0.1) is 0 Å². The van der Waals surface area contributed by atoms with E-state index in [0.29, 0.717) is 6.04 Å². The summed E-state index contributed by atoms with van der Waals surface area (Å²) in [4.78, 5) is 1.29. The summed E-state index contributed by atoms with van der Waals surface area (Å²) in [6.07, 6.45) is 0.870. The number of hydrogen-bond donors (Lipinski definition) is 1. The first-order valence-electron chi connectivity index (χ1n) is 6.89. The summed E-state index contributed by atoms with van der Waals surface area (Å²) in [6, 6.07) is 14.6. The van der Waals surface area contributed by atoms with Crippen LogP contribution in [0.4, 0.5) is 0 Å². The topological polar surface area (TPSA) is 12.0 Å². The zero-order chi connectivity index (χ0) is 15.2. The number of aryl methyl sites for hydroxylation is 1. The Morgan fingerprint density at radius 2 is 1.81 bits per heavy atom. The number of rotatable bonds is 6. The minimum Gasteiger partial charge on any atom is -0.316 e. The molecule has 4 heteroatoms. The summed E-state index contributed by atoms with van der Waals surface area (Å²) < 4.78 is 0. The van der Waals surface area contributed by atoms with E-state index in [-0.39, 0.29) is 0 Å². The molecule has 0 aliphatic heterocycles. The Labute approximate surface area is 141 Å². The second-order valence-corrected chi connectivity index (χ2v) is 6.99. The Bertz CT molecular complexity index is 584. The zero-order valence-electron chi connectivity index (χ0n) is 12.2. The molecule has 2 aromatic carbocycles. The fraction of sp³-hybridized carbons (Fsp3) is 0.294. The molecular weight excluding hydrogens is 321 g/mol. The van der Waals surface area contributed by atoms with Crippen LogP contribution >= 0.6 is 35.0 Å². The minimum absolute atomic E-state index is 0.354. The van der Waals surface area contributed by atoms with Gasteiger partial charge in [0, 0.05) is 26.7 Å². The van der Waals surface area contributed by atoms with Crippen LogP contribution in [0.1, 0.15) is 11.1 Å². The SMILES string of the molecule is CNC(CSc1ccc(C)cc1)Cc1cc(Cl)ccc1Cl. The molecule has 0 spiro atoms. The number of thioether (sulfide) groups is 1. The largest absolute Gasteiger partial charge is 0.316 e. The minimum atomic E-state index is 0.354. The molecule has 0 bridgehead atoms. The van der Waals surface area contributed by atoms with Crippen molar-refractivity contribution in [1.29, 1.82) is 0 Å². The highest BCUT2D eigenvalue weighted by molar-refractivity contribution is 7.99. The third kappa shape index (κ3) is 5.23. The van der Waals surface area contributed by atoms with Crippen molar-refractivity contribution in [2.24, 2.45) is 0 Å². The molecule has 1 atom stereocenters. The Hall–Kier alpha value is -0.670. The van der Waals surface area contributed by atoms with Gasteiger partial charge in [-0.15, -0.1) is 11.8 Å². The van der Waals surface area contributed by atoms with Crippen LogP contribution in [0.15, 0.2) is 47.4 Å². The summed E-state index contributed by atoms with van der Waals surface area (Å²) in [5, 5.41) is 4.87. The van der Waals surface area contributed by atoms with E-state index < -0.39 is 0 Å². The van der Waals surface area contributed by atoms with Gasteiger partial charge in [0.15, 0.2) is 0 Å². The van der Waals surface area contributed by atoms with Gasteiger partial charge in [0.25, 0.3) is 0 Å². The summed E-state index contributed by atoms with van der Waals surface area (Å²) in [6.45, 7) is 2.10. The number of benzene rings is 2. The number of likely N-dealkylation sites (N-methyl/N-ethyl adjacent to an activating group) is 1. The van der Waals surface area contributed by atoms with Gasteiger partial charge in [0.1, 0.15) is 0 Å². The average Bonchev–Trinajstić information content (AvgIpc) is 2.48. The Kier molecular flexibility index (Phi) is 6.43. The highest BCUT2D eigenvalue weighted by atomic mass is 35.5. The number of hydrogen-bond acceptors (Lipinski definition) is 2. The summed E-state index contributed by atoms with van der Waals surface area (Å²) >= 11 is 14.1. The fourth-order valence-corrected chi connectivity index (χ4v) is 3.44. The molecule has 1 nitrogen and oxygen atoms in total. The van der Waals surface area contributed by atoms with Crippen LogP contribution in [-0.2, 0) is 6.42 Å². The third-order valence-corrected chi connectivity index (χ3v) is 5.13. The maximum atomic E-state index is 6.24. The van der Waals surface area contributed by atoms with E-state index in [1.54, 1.807) is 0 Å². The number of nitrogens with one attached hydrogen (secondary N) is 1. The molecule has 1 unspecified atom stereocenters. The van der Waals surface area contributed by atoms with E-state index in [1.807, 2.05) is 37.0 Å². The first-order valence-corrected chi connectivity index (χ1v) is 8.63. The lowest BCUT2D eigenvalue weighted by atomic mass is 10.1. The summed E-state index contributed by atoms with van der Waals surface area (Å²) in [7, 11) is 1.98. The molecule has 1 N–H and O–H groups in total. The second-order valence-electron chi connectivity index (χ2n) is 5.05. The molecule has 0 amide bonds. The monoisotopic (exact) mass is 339 g/mol. The predicted octanol–water partition coefficient (Wildman–Crippen LogP) is 5.22. The summed E-state index contributed by atoms with van der Waals surface area (Å²) in [5.41, 5.74) is 2.38. The van der Waals surface area contributed by atoms with Crippen molar-refractivity contribution < 1.29 is 0 Å². The normalized spacial score (nSPS) is 12.4. The van der Waals surface area contributed by atoms with E-state index in [9.17, 15) is 0 Å². The van der Waals surface area contributed by atoms with Crippen molar-refractivity contribution in [3.8, 4) is 0 Å².